The van der Waals surface area contributed by atoms with E-state index in [0.29, 0.717) is 19.5 Å². The number of amides is 2. The normalized spacial score (nSPS) is 11.2. The highest BCUT2D eigenvalue weighted by molar-refractivity contribution is 5.73. The molecule has 2 rings (SSSR count). The Bertz CT molecular complexity index is 654. The van der Waals surface area contributed by atoms with Gasteiger partial charge in [0.25, 0.3) is 0 Å². The molecule has 2 aromatic carbocycles. The summed E-state index contributed by atoms with van der Waals surface area (Å²) in [6.07, 6.45) is -3.85. The van der Waals surface area contributed by atoms with Crippen molar-refractivity contribution in [3.05, 3.63) is 71.3 Å². The lowest BCUT2D eigenvalue weighted by molar-refractivity contribution is -0.137. The Hall–Kier alpha value is -2.50. The number of nitrogens with one attached hydrogen (secondary N) is 1. The molecule has 2 amide bonds. The van der Waals surface area contributed by atoms with E-state index in [2.05, 4.69) is 5.32 Å². The predicted octanol–water partition coefficient (Wildman–Crippen LogP) is 4.09. The van der Waals surface area contributed by atoms with Gasteiger partial charge in [-0.05, 0) is 29.7 Å². The van der Waals surface area contributed by atoms with Crippen LogP contribution in [0.1, 0.15) is 16.7 Å². The van der Waals surface area contributed by atoms with Crippen LogP contribution in [0.5, 0.6) is 0 Å². The number of halogens is 3. The van der Waals surface area contributed by atoms with Gasteiger partial charge >= 0.3 is 12.2 Å². The lowest BCUT2D eigenvalue weighted by atomic mass is 10.1. The molecule has 0 unspecified atom stereocenters. The third-order valence-electron chi connectivity index (χ3n) is 3.58. The van der Waals surface area contributed by atoms with Crippen LogP contribution in [0.2, 0.25) is 0 Å². The van der Waals surface area contributed by atoms with Gasteiger partial charge in [0.2, 0.25) is 0 Å². The number of rotatable bonds is 5. The molecular formula is C18H19F3N2O. The highest BCUT2D eigenvalue weighted by Gasteiger charge is 2.29. The van der Waals surface area contributed by atoms with Crippen molar-refractivity contribution in [2.45, 2.75) is 19.1 Å². The minimum atomic E-state index is -4.33. The van der Waals surface area contributed by atoms with Crippen LogP contribution in [-0.2, 0) is 19.1 Å². The summed E-state index contributed by atoms with van der Waals surface area (Å²) >= 11 is 0. The lowest BCUT2D eigenvalue weighted by Gasteiger charge is -2.18. The van der Waals surface area contributed by atoms with Gasteiger partial charge in [0.05, 0.1) is 5.56 Å². The highest BCUT2D eigenvalue weighted by atomic mass is 19.4. The van der Waals surface area contributed by atoms with Crippen LogP contribution in [0.25, 0.3) is 0 Å². The Morgan fingerprint density at radius 2 is 1.62 bits per heavy atom. The molecule has 6 heteroatoms. The van der Waals surface area contributed by atoms with E-state index in [9.17, 15) is 18.0 Å². The van der Waals surface area contributed by atoms with Crippen molar-refractivity contribution < 1.29 is 18.0 Å². The average Bonchev–Trinajstić information content (AvgIpc) is 2.55. The fraction of sp³-hybridized carbons (Fsp3) is 0.278. The molecule has 24 heavy (non-hydrogen) atoms. The minimum absolute atomic E-state index is 0.217. The third kappa shape index (κ3) is 5.30. The second-order valence-corrected chi connectivity index (χ2v) is 5.52. The molecule has 0 bridgehead atoms. The Balaban J connectivity index is 1.78. The molecule has 0 radical (unpaired) electrons. The van der Waals surface area contributed by atoms with Gasteiger partial charge in [0.15, 0.2) is 0 Å². The van der Waals surface area contributed by atoms with Crippen LogP contribution < -0.4 is 5.32 Å². The van der Waals surface area contributed by atoms with E-state index in [1.54, 1.807) is 11.9 Å². The van der Waals surface area contributed by atoms with Gasteiger partial charge in [-0.1, -0.05) is 42.5 Å². The number of hydrogen-bond acceptors (Lipinski definition) is 1. The maximum Gasteiger partial charge on any atom is 0.416 e. The van der Waals surface area contributed by atoms with Gasteiger partial charge < -0.3 is 10.2 Å². The van der Waals surface area contributed by atoms with Crippen LogP contribution in [0.4, 0.5) is 18.0 Å². The van der Waals surface area contributed by atoms with Crippen LogP contribution in [0.3, 0.4) is 0 Å². The summed E-state index contributed by atoms with van der Waals surface area (Å²) in [5, 5.41) is 2.76. The smallest absolute Gasteiger partial charge is 0.338 e. The first kappa shape index (κ1) is 17.8. The summed E-state index contributed by atoms with van der Waals surface area (Å²) in [5.74, 6) is 0. The van der Waals surface area contributed by atoms with Crippen molar-refractivity contribution in [1.82, 2.24) is 10.2 Å². The summed E-state index contributed by atoms with van der Waals surface area (Å²) in [4.78, 5) is 13.5. The van der Waals surface area contributed by atoms with Crippen molar-refractivity contribution in [3.8, 4) is 0 Å². The maximum atomic E-state index is 12.5. The third-order valence-corrected chi connectivity index (χ3v) is 3.58. The zero-order valence-electron chi connectivity index (χ0n) is 13.3. The lowest BCUT2D eigenvalue weighted by Crippen LogP contribution is -2.37. The van der Waals surface area contributed by atoms with Gasteiger partial charge in [0, 0.05) is 20.1 Å². The van der Waals surface area contributed by atoms with Gasteiger partial charge in [-0.15, -0.1) is 0 Å². The second kappa shape index (κ2) is 7.86. The van der Waals surface area contributed by atoms with E-state index in [4.69, 9.17) is 0 Å². The van der Waals surface area contributed by atoms with Crippen molar-refractivity contribution in [2.75, 3.05) is 13.6 Å². The van der Waals surface area contributed by atoms with Crippen LogP contribution in [-0.4, -0.2) is 24.5 Å². The Morgan fingerprint density at radius 1 is 1.00 bits per heavy atom. The molecule has 1 N–H and O–H groups in total. The summed E-state index contributed by atoms with van der Waals surface area (Å²) in [6.45, 7) is 0.857. The highest BCUT2D eigenvalue weighted by Crippen LogP contribution is 2.29. The topological polar surface area (TPSA) is 32.3 Å². The molecule has 3 nitrogen and oxygen atoms in total. The quantitative estimate of drug-likeness (QED) is 0.876. The monoisotopic (exact) mass is 336 g/mol. The van der Waals surface area contributed by atoms with E-state index < -0.39 is 11.7 Å². The first-order valence-electron chi connectivity index (χ1n) is 7.55. The number of carbonyl (C=O) groups is 1. The van der Waals surface area contributed by atoms with Crippen molar-refractivity contribution in [3.63, 3.8) is 0 Å². The number of nitrogens with zero attached hydrogens (tertiary/aromatic N) is 1. The SMILES string of the molecule is CN(Cc1ccccc1)C(=O)NCCc1ccc(C(F)(F)F)cc1. The first-order valence-corrected chi connectivity index (χ1v) is 7.55. The van der Waals surface area contributed by atoms with Crippen molar-refractivity contribution in [2.24, 2.45) is 0 Å². The molecule has 0 aliphatic rings. The molecule has 0 aliphatic heterocycles. The molecule has 0 aliphatic carbocycles. The van der Waals surface area contributed by atoms with Crippen LogP contribution in [0, 0.1) is 0 Å². The fourth-order valence-electron chi connectivity index (χ4n) is 2.24. The summed E-state index contributed by atoms with van der Waals surface area (Å²) < 4.78 is 37.4. The summed E-state index contributed by atoms with van der Waals surface area (Å²) in [6, 6.07) is 14.4. The number of alkyl halides is 3. The predicted molar refractivity (Wildman–Crippen MR) is 86.5 cm³/mol. The minimum Gasteiger partial charge on any atom is -0.338 e. The van der Waals surface area contributed by atoms with Crippen molar-refractivity contribution >= 4 is 6.03 Å². The molecule has 0 spiro atoms. The Morgan fingerprint density at radius 3 is 2.21 bits per heavy atom. The molecular weight excluding hydrogens is 317 g/mol. The average molecular weight is 336 g/mol. The molecule has 0 fully saturated rings. The van der Waals surface area contributed by atoms with E-state index in [-0.39, 0.29) is 6.03 Å². The van der Waals surface area contributed by atoms with E-state index in [1.807, 2.05) is 30.3 Å². The van der Waals surface area contributed by atoms with Crippen molar-refractivity contribution in [1.29, 1.82) is 0 Å². The van der Waals surface area contributed by atoms with E-state index in [0.717, 1.165) is 23.3 Å². The number of urea groups is 1. The molecule has 2 aromatic rings. The van der Waals surface area contributed by atoms with E-state index in [1.165, 1.54) is 12.1 Å². The van der Waals surface area contributed by atoms with Crippen LogP contribution >= 0.6 is 0 Å². The molecule has 0 atom stereocenters. The Labute approximate surface area is 139 Å². The standard InChI is InChI=1S/C18H19F3N2O/c1-23(13-15-5-3-2-4-6-15)17(24)22-12-11-14-7-9-16(10-8-14)18(19,20)21/h2-10H,11-13H2,1H3,(H,22,24). The van der Waals surface area contributed by atoms with Gasteiger partial charge in [0.1, 0.15) is 0 Å². The second-order valence-electron chi connectivity index (χ2n) is 5.52. The molecule has 128 valence electrons. The summed E-state index contributed by atoms with van der Waals surface area (Å²) in [7, 11) is 1.69. The summed E-state index contributed by atoms with van der Waals surface area (Å²) in [5.41, 5.74) is 1.10. The zero-order valence-corrected chi connectivity index (χ0v) is 13.3. The van der Waals surface area contributed by atoms with Gasteiger partial charge in [-0.25, -0.2) is 4.79 Å². The fourth-order valence-corrected chi connectivity index (χ4v) is 2.24. The zero-order chi connectivity index (χ0) is 17.6. The molecule has 0 aromatic heterocycles. The maximum absolute atomic E-state index is 12.5. The number of hydrogen-bond donors (Lipinski definition) is 1. The largest absolute Gasteiger partial charge is 0.416 e. The number of carbonyl (C=O) groups excluding carboxylic acids is 1. The van der Waals surface area contributed by atoms with E-state index >= 15 is 0 Å². The number of benzene rings is 2. The Kier molecular flexibility index (Phi) is 5.84. The van der Waals surface area contributed by atoms with Gasteiger partial charge in [-0.3, -0.25) is 0 Å². The van der Waals surface area contributed by atoms with Crippen LogP contribution in [0.15, 0.2) is 54.6 Å². The molecule has 0 saturated heterocycles. The van der Waals surface area contributed by atoms with Gasteiger partial charge in [-0.2, -0.15) is 13.2 Å². The molecule has 0 heterocycles. The molecule has 0 saturated carbocycles. The first-order chi connectivity index (χ1) is 11.4.